The molecule has 324 valence electrons. The van der Waals surface area contributed by atoms with Crippen molar-refractivity contribution >= 4 is 16.8 Å². The molecule has 2 aliphatic heterocycles. The van der Waals surface area contributed by atoms with Gasteiger partial charge in [0, 0.05) is 63.5 Å². The Kier molecular flexibility index (Phi) is 10.1. The Morgan fingerprint density at radius 1 is 0.619 bits per heavy atom. The zero-order chi connectivity index (χ0) is 43.7. The predicted molar refractivity (Wildman–Crippen MR) is 253 cm³/mol. The van der Waals surface area contributed by atoms with Crippen LogP contribution in [0.25, 0.3) is 39.1 Å². The summed E-state index contributed by atoms with van der Waals surface area (Å²) in [5, 5.41) is 2.13. The lowest BCUT2D eigenvalue weighted by atomic mass is 9.52. The van der Waals surface area contributed by atoms with Crippen LogP contribution in [0.1, 0.15) is 75.6 Å². The van der Waals surface area contributed by atoms with Crippen molar-refractivity contribution in [3.8, 4) is 51.0 Å². The van der Waals surface area contributed by atoms with Crippen molar-refractivity contribution in [2.24, 2.45) is 10.8 Å². The normalized spacial score (nSPS) is 21.4. The van der Waals surface area contributed by atoms with Crippen molar-refractivity contribution in [2.75, 3.05) is 54.7 Å². The van der Waals surface area contributed by atoms with E-state index < -0.39 is 5.60 Å². The number of methoxy groups -OCH3 is 4. The summed E-state index contributed by atoms with van der Waals surface area (Å²) in [4.78, 5) is 2.42. The molecule has 0 N–H and O–H groups in total. The van der Waals surface area contributed by atoms with Gasteiger partial charge < -0.3 is 33.3 Å². The van der Waals surface area contributed by atoms with Gasteiger partial charge in [0.25, 0.3) is 0 Å². The van der Waals surface area contributed by atoms with Crippen LogP contribution in [0, 0.1) is 10.8 Å². The molecule has 0 radical (unpaired) electrons. The molecular formula is C56H59NO6. The Morgan fingerprint density at radius 2 is 1.32 bits per heavy atom. The van der Waals surface area contributed by atoms with Crippen molar-refractivity contribution < 1.29 is 28.4 Å². The van der Waals surface area contributed by atoms with Crippen LogP contribution < -0.4 is 23.7 Å². The van der Waals surface area contributed by atoms with Gasteiger partial charge in [-0.3, -0.25) is 0 Å². The van der Waals surface area contributed by atoms with E-state index in [0.29, 0.717) is 5.75 Å². The fraction of sp³-hybridized carbons (Fsp3) is 0.357. The molecule has 0 aromatic heterocycles. The highest BCUT2D eigenvalue weighted by Gasteiger charge is 2.55. The summed E-state index contributed by atoms with van der Waals surface area (Å²) in [5.74, 6) is 3.83. The Hall–Kier alpha value is -5.92. The van der Waals surface area contributed by atoms with E-state index in [1.165, 1.54) is 28.0 Å². The molecule has 63 heavy (non-hydrogen) atoms. The van der Waals surface area contributed by atoms with Crippen molar-refractivity contribution in [3.05, 3.63) is 143 Å². The fourth-order valence-corrected chi connectivity index (χ4v) is 12.3. The average molecular weight is 842 g/mol. The van der Waals surface area contributed by atoms with Crippen molar-refractivity contribution in [1.29, 1.82) is 0 Å². The van der Waals surface area contributed by atoms with E-state index in [2.05, 4.69) is 124 Å². The number of benzene rings is 5. The summed E-state index contributed by atoms with van der Waals surface area (Å²) < 4.78 is 37.4. The van der Waals surface area contributed by atoms with E-state index >= 15 is 0 Å². The van der Waals surface area contributed by atoms with Gasteiger partial charge in [0.15, 0.2) is 5.60 Å². The summed E-state index contributed by atoms with van der Waals surface area (Å²) in [6.45, 7) is 13.1. The topological polar surface area (TPSA) is 58.6 Å². The lowest BCUT2D eigenvalue weighted by molar-refractivity contribution is 0.0553. The minimum Gasteiger partial charge on any atom is -0.497 e. The van der Waals surface area contributed by atoms with E-state index in [9.17, 15) is 0 Å². The lowest BCUT2D eigenvalue weighted by Gasteiger charge is -2.52. The second-order valence-electron chi connectivity index (χ2n) is 19.5. The number of ether oxygens (including phenoxy) is 6. The summed E-state index contributed by atoms with van der Waals surface area (Å²) in [6, 6.07) is 28.1. The molecule has 2 heterocycles. The van der Waals surface area contributed by atoms with Gasteiger partial charge in [0.05, 0.1) is 41.7 Å². The molecule has 5 aromatic rings. The van der Waals surface area contributed by atoms with Gasteiger partial charge in [0.2, 0.25) is 0 Å². The first-order valence-electron chi connectivity index (χ1n) is 22.4. The van der Waals surface area contributed by atoms with Crippen LogP contribution in [0.5, 0.6) is 28.7 Å². The van der Waals surface area contributed by atoms with Gasteiger partial charge in [-0.15, -0.1) is 0 Å². The smallest absolute Gasteiger partial charge is 0.177 e. The number of rotatable bonds is 8. The average Bonchev–Trinajstić information content (AvgIpc) is 3.40. The second kappa shape index (κ2) is 15.4. The standard InChI is InChI=1S/C56H59NO6/c1-53(2)33-54(3,4)35-55(34-53)47-15-10-9-14-42(47)50-45-31-44(41-23-22-40(59-6)30-48(41)60-7)49(61-8)32-46(45)52-43(51(50)55)24-25-56(63-52,37-17-20-39(58-5)21-18-37)36-12-11-13-38(19-16-36)57-26-28-62-29-27-57/h9-10,12-25,30-32H,11,26-29,33-35H2,1-8H3. The summed E-state index contributed by atoms with van der Waals surface area (Å²) in [7, 11) is 6.85. The largest absolute Gasteiger partial charge is 0.497 e. The van der Waals surface area contributed by atoms with Gasteiger partial charge in [-0.2, -0.15) is 0 Å². The Bertz CT molecular complexity index is 2730. The number of fused-ring (bicyclic) bond motifs is 10. The van der Waals surface area contributed by atoms with Crippen LogP contribution in [0.4, 0.5) is 0 Å². The molecule has 10 rings (SSSR count). The quantitative estimate of drug-likeness (QED) is 0.154. The fourth-order valence-electron chi connectivity index (χ4n) is 12.3. The monoisotopic (exact) mass is 841 g/mol. The van der Waals surface area contributed by atoms with Crippen LogP contribution in [0.2, 0.25) is 0 Å². The molecule has 7 heteroatoms. The van der Waals surface area contributed by atoms with E-state index in [1.54, 1.807) is 28.4 Å². The first kappa shape index (κ1) is 41.1. The highest BCUT2D eigenvalue weighted by atomic mass is 16.5. The van der Waals surface area contributed by atoms with Gasteiger partial charge in [0.1, 0.15) is 28.7 Å². The molecule has 2 fully saturated rings. The van der Waals surface area contributed by atoms with Crippen LogP contribution in [0.15, 0.2) is 121 Å². The van der Waals surface area contributed by atoms with Gasteiger partial charge >= 0.3 is 0 Å². The highest BCUT2D eigenvalue weighted by Crippen LogP contribution is 2.67. The predicted octanol–water partition coefficient (Wildman–Crippen LogP) is 12.4. The number of hydrogen-bond acceptors (Lipinski definition) is 7. The molecule has 1 unspecified atom stereocenters. The van der Waals surface area contributed by atoms with Crippen molar-refractivity contribution in [2.45, 2.75) is 64.4 Å². The third-order valence-corrected chi connectivity index (χ3v) is 14.2. The van der Waals surface area contributed by atoms with E-state index in [1.807, 2.05) is 24.3 Å². The molecule has 1 saturated heterocycles. The minimum atomic E-state index is -0.958. The van der Waals surface area contributed by atoms with Crippen LogP contribution in [0.3, 0.4) is 0 Å². The van der Waals surface area contributed by atoms with Crippen molar-refractivity contribution in [1.82, 2.24) is 4.90 Å². The highest BCUT2D eigenvalue weighted by molar-refractivity contribution is 6.11. The number of hydrogen-bond donors (Lipinski definition) is 0. The first-order valence-corrected chi connectivity index (χ1v) is 22.4. The molecule has 5 aromatic carbocycles. The Balaban J connectivity index is 1.27. The van der Waals surface area contributed by atoms with Gasteiger partial charge in [-0.1, -0.05) is 88.4 Å². The van der Waals surface area contributed by atoms with Crippen LogP contribution in [-0.2, 0) is 15.8 Å². The SMILES string of the molecule is COc1ccc(C2(C3=CCC=C(N4CCOCC4)C=C3)C=Cc3c4c(c5cc(-c6ccc(OC)cc6OC)c(OC)cc5c3O2)-c2ccccc2C42CC(C)(C)CC(C)(C)C2)cc1. The van der Waals surface area contributed by atoms with Gasteiger partial charge in [-0.05, 0) is 113 Å². The molecular weight excluding hydrogens is 783 g/mol. The molecule has 3 aliphatic carbocycles. The molecule has 0 amide bonds. The maximum absolute atomic E-state index is 7.95. The van der Waals surface area contributed by atoms with Crippen LogP contribution >= 0.6 is 0 Å². The maximum Gasteiger partial charge on any atom is 0.177 e. The molecule has 1 atom stereocenters. The third kappa shape index (κ3) is 6.73. The summed E-state index contributed by atoms with van der Waals surface area (Å²) >= 11 is 0. The summed E-state index contributed by atoms with van der Waals surface area (Å²) in [5.41, 5.74) is 10.7. The minimum absolute atomic E-state index is 0.0904. The third-order valence-electron chi connectivity index (χ3n) is 14.2. The van der Waals surface area contributed by atoms with E-state index in [4.69, 9.17) is 28.4 Å². The molecule has 1 spiro atoms. The van der Waals surface area contributed by atoms with E-state index in [0.717, 1.165) is 114 Å². The zero-order valence-corrected chi connectivity index (χ0v) is 38.0. The maximum atomic E-state index is 7.95. The lowest BCUT2D eigenvalue weighted by Crippen LogP contribution is -2.44. The van der Waals surface area contributed by atoms with Crippen molar-refractivity contribution in [3.63, 3.8) is 0 Å². The number of morpholine rings is 1. The second-order valence-corrected chi connectivity index (χ2v) is 19.5. The molecule has 5 aliphatic rings. The number of nitrogens with zero attached hydrogens (tertiary/aromatic N) is 1. The Morgan fingerprint density at radius 3 is 2.03 bits per heavy atom. The number of allylic oxidation sites excluding steroid dienone is 3. The Labute approximate surface area is 372 Å². The van der Waals surface area contributed by atoms with E-state index in [-0.39, 0.29) is 16.2 Å². The first-order chi connectivity index (χ1) is 30.4. The van der Waals surface area contributed by atoms with Crippen LogP contribution in [-0.4, -0.2) is 59.6 Å². The molecule has 1 saturated carbocycles. The summed E-state index contributed by atoms with van der Waals surface area (Å²) in [6.07, 6.45) is 17.9. The molecule has 7 nitrogen and oxygen atoms in total. The van der Waals surface area contributed by atoms with Gasteiger partial charge in [-0.25, -0.2) is 0 Å². The zero-order valence-electron chi connectivity index (χ0n) is 38.0. The molecule has 0 bridgehead atoms.